The van der Waals surface area contributed by atoms with E-state index in [1.54, 1.807) is 7.11 Å². The van der Waals surface area contributed by atoms with Crippen LogP contribution >= 0.6 is 0 Å². The molecule has 0 aromatic heterocycles. The van der Waals surface area contributed by atoms with Gasteiger partial charge in [0.25, 0.3) is 0 Å². The van der Waals surface area contributed by atoms with E-state index in [1.165, 1.54) is 11.3 Å². The maximum atomic E-state index is 10.2. The summed E-state index contributed by atoms with van der Waals surface area (Å²) in [5.41, 5.74) is 3.08. The summed E-state index contributed by atoms with van der Waals surface area (Å²) in [5.74, 6) is 0.831. The molecule has 0 saturated carbocycles. The number of nitriles is 1. The van der Waals surface area contributed by atoms with Crippen LogP contribution in [0.25, 0.3) is 0 Å². The van der Waals surface area contributed by atoms with E-state index >= 15 is 0 Å². The monoisotopic (exact) mass is 304 g/mol. The number of benzene rings is 2. The third kappa shape index (κ3) is 2.02. The van der Waals surface area contributed by atoms with Crippen molar-refractivity contribution in [3.8, 4) is 11.8 Å². The Morgan fingerprint density at radius 1 is 1.26 bits per heavy atom. The molecule has 116 valence electrons. The summed E-state index contributed by atoms with van der Waals surface area (Å²) < 4.78 is 5.42. The fourth-order valence-corrected chi connectivity index (χ4v) is 4.30. The fraction of sp³-hybridized carbons (Fsp3) is 0.350. The van der Waals surface area contributed by atoms with Crippen LogP contribution in [0.1, 0.15) is 24.0 Å². The molecule has 2 heterocycles. The SMILES string of the molecule is COc1ccc2c(c1)[C@](C#N)(Cc1ccccc1)[C@H]1CCCN21. The molecule has 3 nitrogen and oxygen atoms in total. The number of fused-ring (bicyclic) bond motifs is 3. The maximum absolute atomic E-state index is 10.2. The molecular weight excluding hydrogens is 284 g/mol. The Hall–Kier alpha value is -2.47. The number of hydrogen-bond acceptors (Lipinski definition) is 3. The Kier molecular flexibility index (Phi) is 3.27. The first-order chi connectivity index (χ1) is 11.3. The van der Waals surface area contributed by atoms with Crippen LogP contribution in [0.2, 0.25) is 0 Å². The Bertz CT molecular complexity index is 765. The molecule has 0 spiro atoms. The zero-order chi connectivity index (χ0) is 15.9. The van der Waals surface area contributed by atoms with E-state index in [9.17, 15) is 5.26 Å². The van der Waals surface area contributed by atoms with Gasteiger partial charge in [-0.25, -0.2) is 0 Å². The van der Waals surface area contributed by atoms with Gasteiger partial charge in [0, 0.05) is 17.8 Å². The van der Waals surface area contributed by atoms with Crippen molar-refractivity contribution in [1.29, 1.82) is 5.26 Å². The van der Waals surface area contributed by atoms with Gasteiger partial charge in [-0.15, -0.1) is 0 Å². The van der Waals surface area contributed by atoms with Crippen LogP contribution in [0.4, 0.5) is 5.69 Å². The Balaban J connectivity index is 1.87. The van der Waals surface area contributed by atoms with E-state index in [-0.39, 0.29) is 6.04 Å². The summed E-state index contributed by atoms with van der Waals surface area (Å²) in [6.07, 6.45) is 3.00. The normalized spacial score (nSPS) is 24.9. The highest BCUT2D eigenvalue weighted by Crippen LogP contribution is 2.51. The van der Waals surface area contributed by atoms with Crippen LogP contribution in [0.15, 0.2) is 48.5 Å². The summed E-state index contributed by atoms with van der Waals surface area (Å²) in [7, 11) is 1.68. The molecule has 0 amide bonds. The van der Waals surface area contributed by atoms with Gasteiger partial charge in [-0.3, -0.25) is 0 Å². The molecule has 2 aromatic carbocycles. The predicted molar refractivity (Wildman–Crippen MR) is 90.8 cm³/mol. The van der Waals surface area contributed by atoms with Gasteiger partial charge < -0.3 is 9.64 Å². The van der Waals surface area contributed by atoms with Gasteiger partial charge in [-0.2, -0.15) is 5.26 Å². The Morgan fingerprint density at radius 2 is 2.09 bits per heavy atom. The molecule has 23 heavy (non-hydrogen) atoms. The molecule has 2 atom stereocenters. The lowest BCUT2D eigenvalue weighted by Gasteiger charge is -2.30. The van der Waals surface area contributed by atoms with Crippen molar-refractivity contribution in [2.75, 3.05) is 18.6 Å². The number of ether oxygens (including phenoxy) is 1. The highest BCUT2D eigenvalue weighted by molar-refractivity contribution is 5.69. The number of hydrogen-bond donors (Lipinski definition) is 0. The average molecular weight is 304 g/mol. The van der Waals surface area contributed by atoms with Crippen molar-refractivity contribution in [2.24, 2.45) is 0 Å². The smallest absolute Gasteiger partial charge is 0.119 e. The minimum atomic E-state index is -0.484. The molecule has 2 aliphatic rings. The van der Waals surface area contributed by atoms with E-state index in [1.807, 2.05) is 24.3 Å². The second-order valence-corrected chi connectivity index (χ2v) is 6.48. The number of methoxy groups -OCH3 is 1. The zero-order valence-corrected chi connectivity index (χ0v) is 13.3. The first-order valence-corrected chi connectivity index (χ1v) is 8.19. The van der Waals surface area contributed by atoms with Gasteiger partial charge in [-0.1, -0.05) is 30.3 Å². The van der Waals surface area contributed by atoms with Crippen LogP contribution in [0.5, 0.6) is 5.75 Å². The molecule has 0 bridgehead atoms. The Labute approximate surface area is 137 Å². The number of rotatable bonds is 3. The highest BCUT2D eigenvalue weighted by Gasteiger charge is 2.53. The van der Waals surface area contributed by atoms with E-state index in [4.69, 9.17) is 4.74 Å². The van der Waals surface area contributed by atoms with Gasteiger partial charge >= 0.3 is 0 Å². The third-order valence-corrected chi connectivity index (χ3v) is 5.34. The highest BCUT2D eigenvalue weighted by atomic mass is 16.5. The third-order valence-electron chi connectivity index (χ3n) is 5.34. The second-order valence-electron chi connectivity index (χ2n) is 6.48. The minimum absolute atomic E-state index is 0.273. The van der Waals surface area contributed by atoms with Crippen molar-refractivity contribution < 1.29 is 4.74 Å². The number of anilines is 1. The molecule has 0 aliphatic carbocycles. The lowest BCUT2D eigenvalue weighted by Crippen LogP contribution is -2.41. The van der Waals surface area contributed by atoms with Crippen molar-refractivity contribution in [1.82, 2.24) is 0 Å². The summed E-state index contributed by atoms with van der Waals surface area (Å²) >= 11 is 0. The molecule has 1 fully saturated rings. The van der Waals surface area contributed by atoms with Crippen molar-refractivity contribution in [3.63, 3.8) is 0 Å². The molecule has 2 aromatic rings. The van der Waals surface area contributed by atoms with Crippen molar-refractivity contribution in [2.45, 2.75) is 30.7 Å². The maximum Gasteiger partial charge on any atom is 0.119 e. The van der Waals surface area contributed by atoms with Crippen LogP contribution in [-0.4, -0.2) is 19.7 Å². The van der Waals surface area contributed by atoms with E-state index in [0.717, 1.165) is 37.1 Å². The topological polar surface area (TPSA) is 36.3 Å². The summed E-state index contributed by atoms with van der Waals surface area (Å²) in [6.45, 7) is 1.04. The first kappa shape index (κ1) is 14.1. The molecule has 3 heteroatoms. The molecule has 1 saturated heterocycles. The van der Waals surface area contributed by atoms with Crippen molar-refractivity contribution in [3.05, 3.63) is 59.7 Å². The predicted octanol–water partition coefficient (Wildman–Crippen LogP) is 3.68. The van der Waals surface area contributed by atoms with E-state index in [0.29, 0.717) is 0 Å². The summed E-state index contributed by atoms with van der Waals surface area (Å²) in [5, 5.41) is 10.2. The van der Waals surface area contributed by atoms with E-state index in [2.05, 4.69) is 35.2 Å². The molecule has 2 aliphatic heterocycles. The zero-order valence-electron chi connectivity index (χ0n) is 13.3. The lowest BCUT2D eigenvalue weighted by molar-refractivity contribution is 0.411. The van der Waals surface area contributed by atoms with Crippen LogP contribution in [0, 0.1) is 11.3 Å². The summed E-state index contributed by atoms with van der Waals surface area (Å²) in [6, 6.07) is 19.5. The quantitative estimate of drug-likeness (QED) is 0.868. The minimum Gasteiger partial charge on any atom is -0.497 e. The standard InChI is InChI=1S/C20H20N2O/c1-23-16-9-10-18-17(12-16)20(14-21,19-8-5-11-22(18)19)13-15-6-3-2-4-7-15/h2-4,6-7,9-10,12,19H,5,8,11,13H2,1H3/t19-,20-/m1/s1. The van der Waals surface area contributed by atoms with Gasteiger partial charge in [-0.05, 0) is 43.0 Å². The van der Waals surface area contributed by atoms with Gasteiger partial charge in [0.05, 0.1) is 19.2 Å². The Morgan fingerprint density at radius 3 is 2.83 bits per heavy atom. The molecule has 0 radical (unpaired) electrons. The number of nitrogens with zero attached hydrogens (tertiary/aromatic N) is 2. The van der Waals surface area contributed by atoms with Gasteiger partial charge in [0.1, 0.15) is 11.2 Å². The largest absolute Gasteiger partial charge is 0.497 e. The molecule has 0 N–H and O–H groups in total. The molecule has 4 rings (SSSR count). The fourth-order valence-electron chi connectivity index (χ4n) is 4.30. The first-order valence-electron chi connectivity index (χ1n) is 8.19. The average Bonchev–Trinajstić information content (AvgIpc) is 3.17. The lowest BCUT2D eigenvalue weighted by atomic mass is 9.72. The van der Waals surface area contributed by atoms with Crippen LogP contribution < -0.4 is 9.64 Å². The van der Waals surface area contributed by atoms with E-state index < -0.39 is 5.41 Å². The molecular formula is C20H20N2O. The van der Waals surface area contributed by atoms with Crippen LogP contribution in [-0.2, 0) is 11.8 Å². The van der Waals surface area contributed by atoms with Crippen LogP contribution in [0.3, 0.4) is 0 Å². The van der Waals surface area contributed by atoms with Gasteiger partial charge in [0.15, 0.2) is 0 Å². The van der Waals surface area contributed by atoms with Gasteiger partial charge in [0.2, 0.25) is 0 Å². The second kappa shape index (κ2) is 5.31. The summed E-state index contributed by atoms with van der Waals surface area (Å²) in [4.78, 5) is 2.43. The van der Waals surface area contributed by atoms with Crippen molar-refractivity contribution >= 4 is 5.69 Å². The molecule has 0 unspecified atom stereocenters.